The molecular formula is C31H36ClN3O5S. The van der Waals surface area contributed by atoms with Gasteiger partial charge in [0.05, 0.1) is 17.7 Å². The number of hydrogen-bond acceptors (Lipinski definition) is 5. The average molecular weight is 598 g/mol. The van der Waals surface area contributed by atoms with Crippen molar-refractivity contribution in [2.45, 2.75) is 63.1 Å². The number of amides is 2. The number of hydrogen-bond donors (Lipinski definition) is 1. The van der Waals surface area contributed by atoms with Gasteiger partial charge in [0.25, 0.3) is 10.0 Å². The van der Waals surface area contributed by atoms with Crippen molar-refractivity contribution in [1.29, 1.82) is 0 Å². The predicted octanol–water partition coefficient (Wildman–Crippen LogP) is 5.33. The van der Waals surface area contributed by atoms with E-state index in [1.165, 1.54) is 24.1 Å². The minimum atomic E-state index is -4.16. The highest BCUT2D eigenvalue weighted by atomic mass is 35.5. The van der Waals surface area contributed by atoms with Gasteiger partial charge in [0.15, 0.2) is 0 Å². The van der Waals surface area contributed by atoms with Crippen LogP contribution in [-0.4, -0.2) is 50.9 Å². The first-order valence-corrected chi connectivity index (χ1v) is 15.5. The SMILES string of the molecule is COc1ccc(S(=O)(=O)N(CC(=O)N(Cc2ccccc2Cl)C(C)C(=O)NC2CCCC2)c2ccc(C)cc2)cc1. The van der Waals surface area contributed by atoms with E-state index >= 15 is 0 Å². The van der Waals surface area contributed by atoms with Gasteiger partial charge in [-0.3, -0.25) is 13.9 Å². The quantitative estimate of drug-likeness (QED) is 0.322. The molecule has 1 unspecified atom stereocenters. The summed E-state index contributed by atoms with van der Waals surface area (Å²) in [4.78, 5) is 28.8. The van der Waals surface area contributed by atoms with Gasteiger partial charge in [-0.25, -0.2) is 8.42 Å². The molecule has 8 nitrogen and oxygen atoms in total. The second-order valence-electron chi connectivity index (χ2n) is 10.3. The van der Waals surface area contributed by atoms with Crippen LogP contribution in [0, 0.1) is 6.92 Å². The standard InChI is InChI=1S/C31H36ClN3O5S/c1-22-12-14-26(15-13-22)35(41(38,39)28-18-16-27(40-3)17-19-28)21-30(36)34(20-24-8-4-7-11-29(24)32)23(2)31(37)33-25-9-5-6-10-25/h4,7-8,11-19,23,25H,5-6,9-10,20-21H2,1-3H3,(H,33,37). The van der Waals surface area contributed by atoms with E-state index in [9.17, 15) is 18.0 Å². The second kappa shape index (κ2) is 13.4. The first-order chi connectivity index (χ1) is 19.6. The summed E-state index contributed by atoms with van der Waals surface area (Å²) in [5.74, 6) is -0.302. The maximum Gasteiger partial charge on any atom is 0.264 e. The third kappa shape index (κ3) is 7.40. The van der Waals surface area contributed by atoms with Crippen LogP contribution < -0.4 is 14.4 Å². The Labute approximate surface area is 247 Å². The Bertz CT molecular complexity index is 1460. The third-order valence-corrected chi connectivity index (χ3v) is 9.57. The maximum absolute atomic E-state index is 14.0. The molecule has 4 rings (SSSR count). The fourth-order valence-electron chi connectivity index (χ4n) is 4.90. The van der Waals surface area contributed by atoms with Crippen LogP contribution in [0.2, 0.25) is 5.02 Å². The molecule has 3 aromatic rings. The van der Waals surface area contributed by atoms with Crippen molar-refractivity contribution in [2.24, 2.45) is 0 Å². The van der Waals surface area contributed by atoms with Gasteiger partial charge in [-0.15, -0.1) is 0 Å². The molecule has 0 aromatic heterocycles. The molecule has 218 valence electrons. The number of halogens is 1. The number of benzene rings is 3. The zero-order valence-corrected chi connectivity index (χ0v) is 25.1. The van der Waals surface area contributed by atoms with Crippen molar-refractivity contribution in [1.82, 2.24) is 10.2 Å². The molecule has 1 saturated carbocycles. The first-order valence-electron chi connectivity index (χ1n) is 13.7. The Kier molecular flexibility index (Phi) is 9.94. The number of carbonyl (C=O) groups excluding carboxylic acids is 2. The molecule has 0 bridgehead atoms. The molecule has 2 amide bonds. The summed E-state index contributed by atoms with van der Waals surface area (Å²) in [6.07, 6.45) is 3.91. The Morgan fingerprint density at radius 3 is 2.24 bits per heavy atom. The van der Waals surface area contributed by atoms with E-state index < -0.39 is 28.5 Å². The molecule has 0 heterocycles. The number of nitrogens with zero attached hydrogens (tertiary/aromatic N) is 2. The highest BCUT2D eigenvalue weighted by Gasteiger charge is 2.33. The Balaban J connectivity index is 1.69. The van der Waals surface area contributed by atoms with Crippen molar-refractivity contribution in [3.63, 3.8) is 0 Å². The van der Waals surface area contributed by atoms with Gasteiger partial charge >= 0.3 is 0 Å². The topological polar surface area (TPSA) is 96.0 Å². The Morgan fingerprint density at radius 1 is 1.00 bits per heavy atom. The van der Waals surface area contributed by atoms with Gasteiger partial charge in [0, 0.05) is 17.6 Å². The molecule has 0 saturated heterocycles. The van der Waals surface area contributed by atoms with Crippen LogP contribution in [0.15, 0.2) is 77.7 Å². The lowest BCUT2D eigenvalue weighted by Crippen LogP contribution is -2.52. The predicted molar refractivity (Wildman–Crippen MR) is 161 cm³/mol. The van der Waals surface area contributed by atoms with Gasteiger partial charge < -0.3 is 15.0 Å². The van der Waals surface area contributed by atoms with Crippen LogP contribution in [0.25, 0.3) is 0 Å². The van der Waals surface area contributed by atoms with Crippen LogP contribution in [0.5, 0.6) is 5.75 Å². The van der Waals surface area contributed by atoms with E-state index in [0.29, 0.717) is 22.0 Å². The summed E-state index contributed by atoms with van der Waals surface area (Å²) >= 11 is 6.43. The molecule has 0 aliphatic heterocycles. The summed E-state index contributed by atoms with van der Waals surface area (Å²) in [5.41, 5.74) is 1.93. The molecule has 1 atom stereocenters. The van der Waals surface area contributed by atoms with Crippen LogP contribution in [0.1, 0.15) is 43.7 Å². The van der Waals surface area contributed by atoms with E-state index in [1.807, 2.05) is 6.92 Å². The Hall–Kier alpha value is -3.56. The lowest BCUT2D eigenvalue weighted by Gasteiger charge is -2.32. The van der Waals surface area contributed by atoms with E-state index in [0.717, 1.165) is 35.6 Å². The van der Waals surface area contributed by atoms with E-state index in [4.69, 9.17) is 16.3 Å². The normalized spacial score (nSPS) is 14.3. The van der Waals surface area contributed by atoms with Crippen LogP contribution in [0.3, 0.4) is 0 Å². The molecule has 10 heteroatoms. The number of carbonyl (C=O) groups is 2. The van der Waals surface area contributed by atoms with Crippen molar-refractivity contribution < 1.29 is 22.7 Å². The van der Waals surface area contributed by atoms with Gasteiger partial charge in [-0.05, 0) is 74.7 Å². The highest BCUT2D eigenvalue weighted by Crippen LogP contribution is 2.27. The zero-order chi connectivity index (χ0) is 29.6. The minimum Gasteiger partial charge on any atom is -0.497 e. The number of ether oxygens (including phenoxy) is 1. The minimum absolute atomic E-state index is 0.0105. The number of sulfonamides is 1. The van der Waals surface area contributed by atoms with Gasteiger partial charge in [-0.1, -0.05) is 60.3 Å². The number of rotatable bonds is 11. The molecular weight excluding hydrogens is 562 g/mol. The molecule has 3 aromatic carbocycles. The molecule has 1 fully saturated rings. The monoisotopic (exact) mass is 597 g/mol. The van der Waals surface area contributed by atoms with E-state index in [-0.39, 0.29) is 23.4 Å². The second-order valence-corrected chi connectivity index (χ2v) is 12.6. The fourth-order valence-corrected chi connectivity index (χ4v) is 6.51. The van der Waals surface area contributed by atoms with Crippen LogP contribution in [-0.2, 0) is 26.2 Å². The molecule has 0 spiro atoms. The summed E-state index contributed by atoms with van der Waals surface area (Å²) < 4.78 is 34.1. The molecule has 41 heavy (non-hydrogen) atoms. The smallest absolute Gasteiger partial charge is 0.264 e. The third-order valence-electron chi connectivity index (χ3n) is 7.42. The van der Waals surface area contributed by atoms with Crippen molar-refractivity contribution in [3.8, 4) is 5.75 Å². The number of anilines is 1. The summed E-state index contributed by atoms with van der Waals surface area (Å²) in [5, 5.41) is 3.52. The average Bonchev–Trinajstić information content (AvgIpc) is 3.48. The van der Waals surface area contributed by atoms with Crippen molar-refractivity contribution in [2.75, 3.05) is 18.0 Å². The summed E-state index contributed by atoms with van der Waals surface area (Å²) in [6, 6.07) is 19.2. The maximum atomic E-state index is 14.0. The number of methoxy groups -OCH3 is 1. The zero-order valence-electron chi connectivity index (χ0n) is 23.5. The van der Waals surface area contributed by atoms with E-state index in [1.54, 1.807) is 67.6 Å². The lowest BCUT2D eigenvalue weighted by atomic mass is 10.1. The number of nitrogens with one attached hydrogen (secondary N) is 1. The largest absolute Gasteiger partial charge is 0.497 e. The summed E-state index contributed by atoms with van der Waals surface area (Å²) in [7, 11) is -2.66. The number of aryl methyl sites for hydroxylation is 1. The van der Waals surface area contributed by atoms with Gasteiger partial charge in [0.2, 0.25) is 11.8 Å². The lowest BCUT2D eigenvalue weighted by molar-refractivity contribution is -0.139. The van der Waals surface area contributed by atoms with Crippen molar-refractivity contribution in [3.05, 3.63) is 88.9 Å². The molecule has 1 aliphatic carbocycles. The molecule has 1 N–H and O–H groups in total. The fraction of sp³-hybridized carbons (Fsp3) is 0.355. The van der Waals surface area contributed by atoms with Crippen LogP contribution >= 0.6 is 11.6 Å². The van der Waals surface area contributed by atoms with Gasteiger partial charge in [-0.2, -0.15) is 0 Å². The van der Waals surface area contributed by atoms with Gasteiger partial charge in [0.1, 0.15) is 18.3 Å². The molecule has 0 radical (unpaired) electrons. The molecule has 1 aliphatic rings. The van der Waals surface area contributed by atoms with Crippen LogP contribution in [0.4, 0.5) is 5.69 Å². The first kappa shape index (κ1) is 30.4. The van der Waals surface area contributed by atoms with E-state index in [2.05, 4.69) is 5.32 Å². The highest BCUT2D eigenvalue weighted by molar-refractivity contribution is 7.92. The van der Waals surface area contributed by atoms with Crippen molar-refractivity contribution >= 4 is 39.1 Å². The Morgan fingerprint density at radius 2 is 1.63 bits per heavy atom. The summed E-state index contributed by atoms with van der Waals surface area (Å²) in [6.45, 7) is 3.09.